The van der Waals surface area contributed by atoms with E-state index >= 15 is 0 Å². The Morgan fingerprint density at radius 1 is 0.947 bits per heavy atom. The summed E-state index contributed by atoms with van der Waals surface area (Å²) in [5.41, 5.74) is 0. The van der Waals surface area contributed by atoms with Gasteiger partial charge in [-0.15, -0.1) is 11.8 Å². The lowest BCUT2D eigenvalue weighted by molar-refractivity contribution is -0.180. The van der Waals surface area contributed by atoms with Crippen molar-refractivity contribution in [1.82, 2.24) is 0 Å². The van der Waals surface area contributed by atoms with Crippen molar-refractivity contribution < 1.29 is 28.6 Å². The molecule has 1 aliphatic heterocycles. The highest BCUT2D eigenvalue weighted by molar-refractivity contribution is 9.11. The zero-order chi connectivity index (χ0) is 14.6. The zero-order valence-corrected chi connectivity index (χ0v) is 13.2. The molecule has 0 radical (unpaired) electrons. The fourth-order valence-electron chi connectivity index (χ4n) is 1.70. The monoisotopic (exact) mass is 354 g/mol. The van der Waals surface area contributed by atoms with Crippen LogP contribution in [0.1, 0.15) is 20.8 Å². The predicted octanol–water partition coefficient (Wildman–Crippen LogP) is 1.25. The summed E-state index contributed by atoms with van der Waals surface area (Å²) in [5.74, 6) is -1.04. The molecule has 0 spiro atoms. The van der Waals surface area contributed by atoms with Crippen LogP contribution >= 0.6 is 27.7 Å². The van der Waals surface area contributed by atoms with Gasteiger partial charge in [0.1, 0.15) is 4.16 Å². The molecule has 1 heterocycles. The van der Waals surface area contributed by atoms with Gasteiger partial charge in [0, 0.05) is 26.5 Å². The Bertz CT molecular complexity index is 374. The van der Waals surface area contributed by atoms with Crippen LogP contribution < -0.4 is 0 Å². The van der Waals surface area contributed by atoms with Crippen molar-refractivity contribution in [2.45, 2.75) is 43.2 Å². The fourth-order valence-corrected chi connectivity index (χ4v) is 3.60. The van der Waals surface area contributed by atoms with Gasteiger partial charge in [-0.05, 0) is 0 Å². The average Bonchev–Trinajstić information content (AvgIpc) is 2.25. The van der Waals surface area contributed by atoms with E-state index in [4.69, 9.17) is 14.2 Å². The standard InChI is InChI=1S/C11H15BrO6S/c1-5(13)16-8-4-19-11(12)10(18-7(3)15)9(8)17-6(2)14/h8-11H,4H2,1-3H3/t8-,9+,10-,11-/m1/s1. The SMILES string of the molecule is CC(=O)O[C@@H]1[C@@H](OC(C)=O)[C@H](OC(C)=O)CS[C@H]1Br. The third-order valence-corrected chi connectivity index (χ3v) is 4.71. The molecule has 108 valence electrons. The molecule has 19 heavy (non-hydrogen) atoms. The van der Waals surface area contributed by atoms with Gasteiger partial charge in [-0.1, -0.05) is 15.9 Å². The topological polar surface area (TPSA) is 78.9 Å². The minimum absolute atomic E-state index is 0.229. The molecule has 1 rings (SSSR count). The zero-order valence-electron chi connectivity index (χ0n) is 10.8. The number of hydrogen-bond donors (Lipinski definition) is 0. The Kier molecular flexibility index (Phi) is 6.12. The van der Waals surface area contributed by atoms with Gasteiger partial charge < -0.3 is 14.2 Å². The van der Waals surface area contributed by atoms with E-state index in [1.807, 2.05) is 0 Å². The van der Waals surface area contributed by atoms with E-state index in [-0.39, 0.29) is 4.16 Å². The number of rotatable bonds is 3. The van der Waals surface area contributed by atoms with Crippen LogP contribution in [0.25, 0.3) is 0 Å². The Balaban J connectivity index is 2.89. The summed E-state index contributed by atoms with van der Waals surface area (Å²) in [4.78, 5) is 33.3. The molecule has 0 saturated carbocycles. The van der Waals surface area contributed by atoms with Gasteiger partial charge >= 0.3 is 17.9 Å². The predicted molar refractivity (Wildman–Crippen MR) is 71.8 cm³/mol. The van der Waals surface area contributed by atoms with Crippen molar-refractivity contribution in [2.24, 2.45) is 0 Å². The van der Waals surface area contributed by atoms with Gasteiger partial charge in [-0.3, -0.25) is 14.4 Å². The second-order valence-electron chi connectivity index (χ2n) is 3.98. The molecule has 0 aromatic carbocycles. The highest BCUT2D eigenvalue weighted by Gasteiger charge is 2.45. The third kappa shape index (κ3) is 5.02. The van der Waals surface area contributed by atoms with E-state index < -0.39 is 36.2 Å². The van der Waals surface area contributed by atoms with Crippen LogP contribution in [-0.4, -0.2) is 46.1 Å². The number of alkyl halides is 1. The number of halogens is 1. The molecule has 6 nitrogen and oxygen atoms in total. The van der Waals surface area contributed by atoms with Crippen molar-refractivity contribution in [3.05, 3.63) is 0 Å². The summed E-state index contributed by atoms with van der Waals surface area (Å²) < 4.78 is 15.2. The van der Waals surface area contributed by atoms with Crippen LogP contribution in [0.15, 0.2) is 0 Å². The fraction of sp³-hybridized carbons (Fsp3) is 0.727. The summed E-state index contributed by atoms with van der Waals surface area (Å²) in [6.45, 7) is 3.79. The minimum atomic E-state index is -0.809. The smallest absolute Gasteiger partial charge is 0.303 e. The molecule has 0 aliphatic carbocycles. The van der Waals surface area contributed by atoms with Crippen LogP contribution in [0.2, 0.25) is 0 Å². The Hall–Kier alpha value is -0.760. The Labute approximate surface area is 123 Å². The molecule has 1 aliphatic rings. The summed E-state index contributed by atoms with van der Waals surface area (Å²) in [6, 6.07) is 0. The van der Waals surface area contributed by atoms with E-state index in [1.54, 1.807) is 0 Å². The summed E-state index contributed by atoms with van der Waals surface area (Å²) in [6.07, 6.45) is -2.15. The van der Waals surface area contributed by atoms with E-state index in [0.29, 0.717) is 5.75 Å². The first-order valence-corrected chi connectivity index (χ1v) is 7.55. The normalized spacial score (nSPS) is 30.3. The highest BCUT2D eigenvalue weighted by atomic mass is 79.9. The Morgan fingerprint density at radius 2 is 1.42 bits per heavy atom. The van der Waals surface area contributed by atoms with Crippen molar-refractivity contribution in [3.8, 4) is 0 Å². The lowest BCUT2D eigenvalue weighted by atomic mass is 10.1. The first-order valence-electron chi connectivity index (χ1n) is 5.58. The van der Waals surface area contributed by atoms with Gasteiger partial charge in [0.2, 0.25) is 0 Å². The van der Waals surface area contributed by atoms with E-state index in [9.17, 15) is 14.4 Å². The van der Waals surface area contributed by atoms with E-state index in [2.05, 4.69) is 15.9 Å². The highest BCUT2D eigenvalue weighted by Crippen LogP contribution is 2.35. The van der Waals surface area contributed by atoms with Crippen LogP contribution in [0, 0.1) is 0 Å². The van der Waals surface area contributed by atoms with Crippen LogP contribution in [0.5, 0.6) is 0 Å². The van der Waals surface area contributed by atoms with Gasteiger partial charge in [-0.25, -0.2) is 0 Å². The van der Waals surface area contributed by atoms with E-state index in [1.165, 1.54) is 32.5 Å². The number of carbonyl (C=O) groups excluding carboxylic acids is 3. The van der Waals surface area contributed by atoms with Gasteiger partial charge in [0.05, 0.1) is 0 Å². The molecule has 0 aromatic heterocycles. The van der Waals surface area contributed by atoms with E-state index in [0.717, 1.165) is 0 Å². The van der Waals surface area contributed by atoms with Crippen LogP contribution in [0.4, 0.5) is 0 Å². The average molecular weight is 355 g/mol. The van der Waals surface area contributed by atoms with Crippen LogP contribution in [0.3, 0.4) is 0 Å². The Morgan fingerprint density at radius 3 is 1.89 bits per heavy atom. The molecule has 1 fully saturated rings. The maximum absolute atomic E-state index is 11.2. The lowest BCUT2D eigenvalue weighted by Gasteiger charge is -2.38. The second-order valence-corrected chi connectivity index (χ2v) is 6.75. The van der Waals surface area contributed by atoms with Crippen molar-refractivity contribution in [3.63, 3.8) is 0 Å². The second kappa shape index (κ2) is 7.14. The maximum atomic E-state index is 11.2. The minimum Gasteiger partial charge on any atom is -0.458 e. The molecular weight excluding hydrogens is 340 g/mol. The lowest BCUT2D eigenvalue weighted by Crippen LogP contribution is -2.52. The first kappa shape index (κ1) is 16.3. The molecule has 0 aromatic rings. The summed E-state index contributed by atoms with van der Waals surface area (Å²) >= 11 is 4.78. The number of ether oxygens (including phenoxy) is 3. The molecule has 0 unspecified atom stereocenters. The number of hydrogen-bond acceptors (Lipinski definition) is 7. The molecule has 0 N–H and O–H groups in total. The quantitative estimate of drug-likeness (QED) is 0.428. The van der Waals surface area contributed by atoms with Crippen molar-refractivity contribution in [1.29, 1.82) is 0 Å². The molecule has 0 amide bonds. The molecule has 1 saturated heterocycles. The van der Waals surface area contributed by atoms with Gasteiger partial charge in [0.15, 0.2) is 18.3 Å². The maximum Gasteiger partial charge on any atom is 0.303 e. The summed E-state index contributed by atoms with van der Waals surface area (Å²) in [7, 11) is 0. The molecule has 8 heteroatoms. The van der Waals surface area contributed by atoms with Crippen molar-refractivity contribution in [2.75, 3.05) is 5.75 Å². The number of carbonyl (C=O) groups is 3. The number of esters is 3. The van der Waals surface area contributed by atoms with Crippen LogP contribution in [-0.2, 0) is 28.6 Å². The third-order valence-electron chi connectivity index (χ3n) is 2.29. The molecular formula is C11H15BrO6S. The van der Waals surface area contributed by atoms with Gasteiger partial charge in [-0.2, -0.15) is 0 Å². The molecule has 0 bridgehead atoms. The largest absolute Gasteiger partial charge is 0.458 e. The summed E-state index contributed by atoms with van der Waals surface area (Å²) in [5, 5.41) is 0. The first-order chi connectivity index (χ1) is 8.81. The van der Waals surface area contributed by atoms with Crippen molar-refractivity contribution >= 4 is 45.6 Å². The van der Waals surface area contributed by atoms with Gasteiger partial charge in [0.25, 0.3) is 0 Å². The number of thioether (sulfide) groups is 1. The molecule has 4 atom stereocenters.